The second-order valence-electron chi connectivity index (χ2n) is 10.6. The normalized spacial score (nSPS) is 12.3. The molecule has 1 N–H and O–H groups in total. The Hall–Kier alpha value is -1.32. The quantitative estimate of drug-likeness (QED) is 0.0648. The maximum atomic E-state index is 12.3. The van der Waals surface area contributed by atoms with Crippen molar-refractivity contribution in [1.82, 2.24) is 0 Å². The molecule has 1 atom stereocenters. The van der Waals surface area contributed by atoms with Crippen LogP contribution in [0.2, 0.25) is 0 Å². The number of carboxylic acids is 1. The van der Waals surface area contributed by atoms with E-state index in [1.54, 1.807) is 0 Å². The molecule has 0 spiro atoms. The van der Waals surface area contributed by atoms with Gasteiger partial charge in [0, 0.05) is 12.8 Å². The van der Waals surface area contributed by atoms with Crippen LogP contribution in [-0.4, -0.2) is 23.1 Å². The van der Waals surface area contributed by atoms with Gasteiger partial charge in [0.2, 0.25) is 0 Å². The molecule has 0 aromatic heterocycles. The van der Waals surface area contributed by atoms with E-state index in [-0.39, 0.29) is 12.1 Å². The first-order chi connectivity index (χ1) is 17.6. The van der Waals surface area contributed by atoms with Gasteiger partial charge in [0.25, 0.3) is 0 Å². The number of allylic oxidation sites excluding steroid dienone is 2. The average Bonchev–Trinajstić information content (AvgIpc) is 2.85. The second-order valence-corrected chi connectivity index (χ2v) is 10.6. The summed E-state index contributed by atoms with van der Waals surface area (Å²) in [6.45, 7) is 4.41. The lowest BCUT2D eigenvalue weighted by atomic mass is 10.0. The van der Waals surface area contributed by atoms with Crippen LogP contribution in [0.3, 0.4) is 0 Å². The van der Waals surface area contributed by atoms with Gasteiger partial charge in [-0.3, -0.25) is 9.59 Å². The molecule has 4 heteroatoms. The molecule has 0 radical (unpaired) electrons. The molecule has 0 saturated heterocycles. The third-order valence-electron chi connectivity index (χ3n) is 6.97. The number of esters is 1. The minimum absolute atomic E-state index is 0.00951. The van der Waals surface area contributed by atoms with Gasteiger partial charge in [0.1, 0.15) is 6.10 Å². The Morgan fingerprint density at radius 2 is 1.06 bits per heavy atom. The highest BCUT2D eigenvalue weighted by atomic mass is 16.5. The Morgan fingerprint density at radius 3 is 1.58 bits per heavy atom. The molecule has 0 heterocycles. The maximum Gasteiger partial charge on any atom is 0.306 e. The molecule has 4 nitrogen and oxygen atoms in total. The highest BCUT2D eigenvalue weighted by Crippen LogP contribution is 2.17. The molecule has 1 unspecified atom stereocenters. The van der Waals surface area contributed by atoms with Gasteiger partial charge in [-0.25, -0.2) is 0 Å². The first kappa shape index (κ1) is 34.7. The van der Waals surface area contributed by atoms with Crippen LogP contribution in [0, 0.1) is 0 Å². The SMILES string of the molecule is CCCC/C=C\CCCCCCCC(=O)OC(CCC)CCCCCCCCCCCCCC(=O)O. The molecule has 0 bridgehead atoms. The summed E-state index contributed by atoms with van der Waals surface area (Å²) in [6.07, 6.45) is 32.7. The highest BCUT2D eigenvalue weighted by Gasteiger charge is 2.13. The van der Waals surface area contributed by atoms with Crippen molar-refractivity contribution in [1.29, 1.82) is 0 Å². The number of unbranched alkanes of at least 4 members (excludes halogenated alkanes) is 17. The topological polar surface area (TPSA) is 63.6 Å². The number of carbonyl (C=O) groups excluding carboxylic acids is 1. The van der Waals surface area contributed by atoms with Crippen LogP contribution in [0.15, 0.2) is 12.2 Å². The van der Waals surface area contributed by atoms with Crippen molar-refractivity contribution >= 4 is 11.9 Å². The van der Waals surface area contributed by atoms with E-state index in [2.05, 4.69) is 26.0 Å². The molecule has 212 valence electrons. The molecule has 0 fully saturated rings. The zero-order valence-electron chi connectivity index (χ0n) is 24.1. The van der Waals surface area contributed by atoms with Crippen LogP contribution in [0.1, 0.15) is 174 Å². The van der Waals surface area contributed by atoms with Crippen LogP contribution < -0.4 is 0 Å². The van der Waals surface area contributed by atoms with Crippen molar-refractivity contribution < 1.29 is 19.4 Å². The molecular formula is C32H60O4. The van der Waals surface area contributed by atoms with Crippen molar-refractivity contribution in [2.24, 2.45) is 0 Å². The van der Waals surface area contributed by atoms with Crippen LogP contribution in [0.5, 0.6) is 0 Å². The molecule has 0 amide bonds. The molecule has 0 rings (SSSR count). The summed E-state index contributed by atoms with van der Waals surface area (Å²) in [5.74, 6) is -0.664. The van der Waals surface area contributed by atoms with E-state index < -0.39 is 5.97 Å². The lowest BCUT2D eigenvalue weighted by Crippen LogP contribution is -2.18. The summed E-state index contributed by atoms with van der Waals surface area (Å²) < 4.78 is 5.82. The lowest BCUT2D eigenvalue weighted by Gasteiger charge is -2.17. The molecule has 0 aromatic carbocycles. The molecule has 36 heavy (non-hydrogen) atoms. The van der Waals surface area contributed by atoms with Crippen LogP contribution in [0.4, 0.5) is 0 Å². The molecule has 0 aliphatic heterocycles. The van der Waals surface area contributed by atoms with Crippen LogP contribution in [-0.2, 0) is 14.3 Å². The van der Waals surface area contributed by atoms with E-state index >= 15 is 0 Å². The minimum Gasteiger partial charge on any atom is -0.481 e. The van der Waals surface area contributed by atoms with Crippen LogP contribution in [0.25, 0.3) is 0 Å². The van der Waals surface area contributed by atoms with Gasteiger partial charge >= 0.3 is 11.9 Å². The third kappa shape index (κ3) is 27.3. The molecule has 0 aromatic rings. The van der Waals surface area contributed by atoms with Crippen molar-refractivity contribution in [3.05, 3.63) is 12.2 Å². The Kier molecular flexibility index (Phi) is 27.2. The fraction of sp³-hybridized carbons (Fsp3) is 0.875. The van der Waals surface area contributed by atoms with Gasteiger partial charge in [-0.2, -0.15) is 0 Å². The average molecular weight is 509 g/mol. The van der Waals surface area contributed by atoms with E-state index in [0.717, 1.165) is 51.4 Å². The number of hydrogen-bond acceptors (Lipinski definition) is 3. The molecule has 0 aliphatic carbocycles. The van der Waals surface area contributed by atoms with Gasteiger partial charge in [-0.05, 0) is 51.4 Å². The summed E-state index contributed by atoms with van der Waals surface area (Å²) >= 11 is 0. The van der Waals surface area contributed by atoms with E-state index in [0.29, 0.717) is 12.8 Å². The Morgan fingerprint density at radius 1 is 0.583 bits per heavy atom. The number of aliphatic carboxylic acids is 1. The summed E-state index contributed by atoms with van der Waals surface area (Å²) in [5.41, 5.74) is 0. The highest BCUT2D eigenvalue weighted by molar-refractivity contribution is 5.69. The van der Waals surface area contributed by atoms with Gasteiger partial charge in [0.15, 0.2) is 0 Å². The standard InChI is InChI=1S/C32H60O4/c1-3-5-6-7-8-9-11-16-19-22-25-29-32(35)36-30(26-4-2)27-23-20-17-14-12-10-13-15-18-21-24-28-31(33)34/h7-8,30H,3-6,9-29H2,1-2H3,(H,33,34)/b8-7-. The summed E-state index contributed by atoms with van der Waals surface area (Å²) in [4.78, 5) is 22.8. The Balaban J connectivity index is 3.58. The van der Waals surface area contributed by atoms with Crippen molar-refractivity contribution in [2.45, 2.75) is 180 Å². The molecular weight excluding hydrogens is 448 g/mol. The molecule has 0 aliphatic rings. The number of hydrogen-bond donors (Lipinski definition) is 1. The fourth-order valence-electron chi connectivity index (χ4n) is 4.69. The fourth-order valence-corrected chi connectivity index (χ4v) is 4.69. The van der Waals surface area contributed by atoms with Gasteiger partial charge in [-0.15, -0.1) is 0 Å². The van der Waals surface area contributed by atoms with Gasteiger partial charge in [-0.1, -0.05) is 122 Å². The summed E-state index contributed by atoms with van der Waals surface area (Å²) in [5, 5.41) is 8.64. The van der Waals surface area contributed by atoms with Crippen molar-refractivity contribution in [2.75, 3.05) is 0 Å². The summed E-state index contributed by atoms with van der Waals surface area (Å²) in [7, 11) is 0. The second kappa shape index (κ2) is 28.3. The van der Waals surface area contributed by atoms with E-state index in [9.17, 15) is 9.59 Å². The first-order valence-electron chi connectivity index (χ1n) is 15.7. The largest absolute Gasteiger partial charge is 0.481 e. The van der Waals surface area contributed by atoms with E-state index in [1.807, 2.05) is 0 Å². The van der Waals surface area contributed by atoms with E-state index in [4.69, 9.17) is 9.84 Å². The summed E-state index contributed by atoms with van der Waals surface area (Å²) in [6, 6.07) is 0. The first-order valence-corrected chi connectivity index (χ1v) is 15.7. The smallest absolute Gasteiger partial charge is 0.306 e. The van der Waals surface area contributed by atoms with Crippen molar-refractivity contribution in [3.8, 4) is 0 Å². The van der Waals surface area contributed by atoms with Crippen LogP contribution >= 0.6 is 0 Å². The third-order valence-corrected chi connectivity index (χ3v) is 6.97. The monoisotopic (exact) mass is 508 g/mol. The lowest BCUT2D eigenvalue weighted by molar-refractivity contribution is -0.150. The number of ether oxygens (including phenoxy) is 1. The molecule has 0 saturated carbocycles. The Labute approximate surface area is 224 Å². The van der Waals surface area contributed by atoms with Gasteiger partial charge < -0.3 is 9.84 Å². The van der Waals surface area contributed by atoms with Gasteiger partial charge in [0.05, 0.1) is 0 Å². The predicted molar refractivity (Wildman–Crippen MR) is 153 cm³/mol. The Bertz CT molecular complexity index is 514. The van der Waals surface area contributed by atoms with Crippen molar-refractivity contribution in [3.63, 3.8) is 0 Å². The maximum absolute atomic E-state index is 12.3. The minimum atomic E-state index is -0.674. The van der Waals surface area contributed by atoms with E-state index in [1.165, 1.54) is 96.3 Å². The predicted octanol–water partition coefficient (Wildman–Crippen LogP) is 10.3. The number of carbonyl (C=O) groups is 2. The zero-order valence-corrected chi connectivity index (χ0v) is 24.1. The number of carboxylic acid groups (broad SMARTS) is 1. The zero-order chi connectivity index (χ0) is 26.5. The number of rotatable bonds is 28.